The van der Waals surface area contributed by atoms with E-state index in [9.17, 15) is 19.2 Å². The molecule has 1 aliphatic rings. The normalized spacial score (nSPS) is 15.1. The zero-order chi connectivity index (χ0) is 24.6. The highest BCUT2D eigenvalue weighted by molar-refractivity contribution is 5.92. The van der Waals surface area contributed by atoms with Crippen LogP contribution >= 0.6 is 0 Å². The van der Waals surface area contributed by atoms with E-state index in [4.69, 9.17) is 9.47 Å². The van der Waals surface area contributed by atoms with Crippen LogP contribution in [-0.2, 0) is 23.9 Å². The largest absolute Gasteiger partial charge is 0.466 e. The highest BCUT2D eigenvalue weighted by Gasteiger charge is 2.43. The van der Waals surface area contributed by atoms with Crippen molar-refractivity contribution >= 4 is 23.9 Å². The number of esters is 1. The van der Waals surface area contributed by atoms with Gasteiger partial charge in [0.15, 0.2) is 0 Å². The van der Waals surface area contributed by atoms with Gasteiger partial charge in [-0.1, -0.05) is 30.3 Å². The third-order valence-corrected chi connectivity index (χ3v) is 4.87. The average Bonchev–Trinajstić information content (AvgIpc) is 3.55. The first-order valence-electron chi connectivity index (χ1n) is 11.3. The molecule has 2 rings (SSSR count). The Morgan fingerprint density at radius 1 is 1.12 bits per heavy atom. The second-order valence-corrected chi connectivity index (χ2v) is 9.00. The van der Waals surface area contributed by atoms with Gasteiger partial charge in [0.2, 0.25) is 11.8 Å². The SMILES string of the molecule is CCOC(=O)CCNC(=O)C(c1ccccc1)N(C(=O)C(C)NC(=O)OC(C)(C)C)C1CC1. The molecule has 1 saturated carbocycles. The molecule has 3 amide bonds. The van der Waals surface area contributed by atoms with Crippen molar-refractivity contribution in [3.63, 3.8) is 0 Å². The predicted octanol–water partition coefficient (Wildman–Crippen LogP) is 2.70. The molecule has 1 fully saturated rings. The van der Waals surface area contributed by atoms with E-state index in [-0.39, 0.29) is 31.5 Å². The topological polar surface area (TPSA) is 114 Å². The fraction of sp³-hybridized carbons (Fsp3) is 0.583. The number of alkyl carbamates (subject to hydrolysis) is 1. The quantitative estimate of drug-likeness (QED) is 0.518. The lowest BCUT2D eigenvalue weighted by Crippen LogP contribution is -2.52. The van der Waals surface area contributed by atoms with Gasteiger partial charge in [-0.3, -0.25) is 14.4 Å². The summed E-state index contributed by atoms with van der Waals surface area (Å²) >= 11 is 0. The molecule has 0 bridgehead atoms. The zero-order valence-electron chi connectivity index (χ0n) is 20.1. The summed E-state index contributed by atoms with van der Waals surface area (Å²) in [7, 11) is 0. The van der Waals surface area contributed by atoms with Crippen molar-refractivity contribution in [3.8, 4) is 0 Å². The van der Waals surface area contributed by atoms with Crippen molar-refractivity contribution in [1.82, 2.24) is 15.5 Å². The van der Waals surface area contributed by atoms with Gasteiger partial charge < -0.3 is 25.0 Å². The maximum absolute atomic E-state index is 13.4. The van der Waals surface area contributed by atoms with Crippen LogP contribution in [-0.4, -0.2) is 59.6 Å². The van der Waals surface area contributed by atoms with Crippen LogP contribution in [0.1, 0.15) is 65.5 Å². The second kappa shape index (κ2) is 11.7. The maximum Gasteiger partial charge on any atom is 0.408 e. The summed E-state index contributed by atoms with van der Waals surface area (Å²) in [4.78, 5) is 52.0. The molecule has 2 N–H and O–H groups in total. The summed E-state index contributed by atoms with van der Waals surface area (Å²) in [5.41, 5.74) is -0.0510. The van der Waals surface area contributed by atoms with Gasteiger partial charge in [-0.15, -0.1) is 0 Å². The summed E-state index contributed by atoms with van der Waals surface area (Å²) in [6.45, 7) is 8.87. The van der Waals surface area contributed by atoms with Crippen LogP contribution in [0.25, 0.3) is 0 Å². The molecule has 0 radical (unpaired) electrons. The number of rotatable bonds is 10. The molecule has 9 nitrogen and oxygen atoms in total. The minimum Gasteiger partial charge on any atom is -0.466 e. The molecule has 1 aliphatic carbocycles. The Hall–Kier alpha value is -3.10. The lowest BCUT2D eigenvalue weighted by Gasteiger charge is -2.33. The summed E-state index contributed by atoms with van der Waals surface area (Å²) in [6.07, 6.45) is 0.873. The molecule has 0 aromatic heterocycles. The lowest BCUT2D eigenvalue weighted by molar-refractivity contribution is -0.144. The number of benzene rings is 1. The van der Waals surface area contributed by atoms with E-state index in [1.54, 1.807) is 58.9 Å². The van der Waals surface area contributed by atoms with E-state index in [2.05, 4.69) is 10.6 Å². The first-order chi connectivity index (χ1) is 15.5. The van der Waals surface area contributed by atoms with E-state index < -0.39 is 35.7 Å². The van der Waals surface area contributed by atoms with Crippen LogP contribution in [0.4, 0.5) is 4.79 Å². The Balaban J connectivity index is 2.19. The average molecular weight is 462 g/mol. The summed E-state index contributed by atoms with van der Waals surface area (Å²) < 4.78 is 10.2. The van der Waals surface area contributed by atoms with Crippen LogP contribution in [0.2, 0.25) is 0 Å². The van der Waals surface area contributed by atoms with Crippen molar-refractivity contribution in [1.29, 1.82) is 0 Å². The van der Waals surface area contributed by atoms with Crippen molar-refractivity contribution < 1.29 is 28.7 Å². The Labute approximate surface area is 195 Å². The number of nitrogens with one attached hydrogen (secondary N) is 2. The Kier molecular flexibility index (Phi) is 9.25. The van der Waals surface area contributed by atoms with Gasteiger partial charge in [-0.25, -0.2) is 4.79 Å². The molecule has 182 valence electrons. The minimum absolute atomic E-state index is 0.0368. The standard InChI is InChI=1S/C24H35N3O6/c1-6-32-19(28)14-15-25-21(29)20(17-10-8-7-9-11-17)27(18-12-13-18)22(30)16(2)26-23(31)33-24(3,4)5/h7-11,16,18,20H,6,12-15H2,1-5H3,(H,25,29)(H,26,31). The number of nitrogens with zero attached hydrogens (tertiary/aromatic N) is 1. The lowest BCUT2D eigenvalue weighted by atomic mass is 10.0. The van der Waals surface area contributed by atoms with Gasteiger partial charge in [-0.05, 0) is 53.0 Å². The molecular formula is C24H35N3O6. The minimum atomic E-state index is -0.892. The number of carbonyl (C=O) groups excluding carboxylic acids is 4. The van der Waals surface area contributed by atoms with E-state index in [1.807, 2.05) is 6.07 Å². The third kappa shape index (κ3) is 8.40. The molecule has 1 aromatic rings. The van der Waals surface area contributed by atoms with Crippen LogP contribution in [0.15, 0.2) is 30.3 Å². The highest BCUT2D eigenvalue weighted by Crippen LogP contribution is 2.35. The van der Waals surface area contributed by atoms with Crippen molar-refractivity contribution in [3.05, 3.63) is 35.9 Å². The van der Waals surface area contributed by atoms with Crippen LogP contribution in [0.3, 0.4) is 0 Å². The Morgan fingerprint density at radius 2 is 1.76 bits per heavy atom. The summed E-state index contributed by atoms with van der Waals surface area (Å²) in [5.74, 6) is -1.17. The van der Waals surface area contributed by atoms with E-state index in [0.29, 0.717) is 5.56 Å². The fourth-order valence-electron chi connectivity index (χ4n) is 3.33. The molecule has 2 unspecified atom stereocenters. The number of carbonyl (C=O) groups is 4. The first-order valence-corrected chi connectivity index (χ1v) is 11.3. The van der Waals surface area contributed by atoms with Gasteiger partial charge in [-0.2, -0.15) is 0 Å². The Bertz CT molecular complexity index is 832. The van der Waals surface area contributed by atoms with Gasteiger partial charge in [0.25, 0.3) is 0 Å². The summed E-state index contributed by atoms with van der Waals surface area (Å²) in [5, 5.41) is 5.33. The second-order valence-electron chi connectivity index (χ2n) is 9.00. The molecule has 33 heavy (non-hydrogen) atoms. The molecule has 0 saturated heterocycles. The van der Waals surface area contributed by atoms with Crippen molar-refractivity contribution in [2.24, 2.45) is 0 Å². The smallest absolute Gasteiger partial charge is 0.408 e. The van der Waals surface area contributed by atoms with Gasteiger partial charge >= 0.3 is 12.1 Å². The van der Waals surface area contributed by atoms with Crippen LogP contribution in [0, 0.1) is 0 Å². The van der Waals surface area contributed by atoms with Crippen molar-refractivity contribution in [2.45, 2.75) is 77.6 Å². The van der Waals surface area contributed by atoms with E-state index >= 15 is 0 Å². The van der Waals surface area contributed by atoms with Crippen LogP contribution < -0.4 is 10.6 Å². The molecule has 2 atom stereocenters. The molecular weight excluding hydrogens is 426 g/mol. The zero-order valence-corrected chi connectivity index (χ0v) is 20.1. The van der Waals surface area contributed by atoms with Crippen molar-refractivity contribution in [2.75, 3.05) is 13.2 Å². The van der Waals surface area contributed by atoms with E-state index in [0.717, 1.165) is 12.8 Å². The summed E-state index contributed by atoms with van der Waals surface area (Å²) in [6, 6.07) is 7.10. The molecule has 0 spiro atoms. The number of ether oxygens (including phenoxy) is 2. The van der Waals surface area contributed by atoms with Gasteiger partial charge in [0, 0.05) is 12.6 Å². The molecule has 1 aromatic carbocycles. The molecule has 0 aliphatic heterocycles. The number of hydrogen-bond acceptors (Lipinski definition) is 6. The molecule has 0 heterocycles. The highest BCUT2D eigenvalue weighted by atomic mass is 16.6. The fourth-order valence-corrected chi connectivity index (χ4v) is 3.33. The maximum atomic E-state index is 13.4. The van der Waals surface area contributed by atoms with E-state index in [1.165, 1.54) is 4.90 Å². The number of hydrogen-bond donors (Lipinski definition) is 2. The monoisotopic (exact) mass is 461 g/mol. The van der Waals surface area contributed by atoms with Gasteiger partial charge in [0.1, 0.15) is 17.7 Å². The first kappa shape index (κ1) is 26.2. The van der Waals surface area contributed by atoms with Gasteiger partial charge in [0.05, 0.1) is 13.0 Å². The van der Waals surface area contributed by atoms with Crippen LogP contribution in [0.5, 0.6) is 0 Å². The Morgan fingerprint density at radius 3 is 2.30 bits per heavy atom. The third-order valence-electron chi connectivity index (χ3n) is 4.87. The predicted molar refractivity (Wildman–Crippen MR) is 122 cm³/mol. The number of amides is 3. The molecule has 9 heteroatoms.